The number of rotatable bonds is 6. The van der Waals surface area contributed by atoms with Gasteiger partial charge in [-0.25, -0.2) is 0 Å². The molecule has 3 rings (SSSR count). The van der Waals surface area contributed by atoms with Crippen LogP contribution in [0.5, 0.6) is 0 Å². The number of anilines is 1. The maximum Gasteiger partial charge on any atom is 0.0731 e. The zero-order chi connectivity index (χ0) is 16.1. The van der Waals surface area contributed by atoms with Crippen LogP contribution >= 0.6 is 0 Å². The largest absolute Gasteiger partial charge is 0.379 e. The van der Waals surface area contributed by atoms with E-state index < -0.39 is 0 Å². The summed E-state index contributed by atoms with van der Waals surface area (Å²) in [6.45, 7) is 9.99. The summed E-state index contributed by atoms with van der Waals surface area (Å²) < 4.78 is 7.39. The number of hydrogen-bond acceptors (Lipinski definition) is 4. The molecule has 1 aliphatic rings. The smallest absolute Gasteiger partial charge is 0.0731 e. The molecule has 0 unspecified atom stereocenters. The number of aryl methyl sites for hydroxylation is 1. The van der Waals surface area contributed by atoms with Gasteiger partial charge in [0, 0.05) is 31.9 Å². The Morgan fingerprint density at radius 1 is 1.26 bits per heavy atom. The van der Waals surface area contributed by atoms with Crippen molar-refractivity contribution < 1.29 is 4.74 Å². The fraction of sp³-hybridized carbons (Fsp3) is 0.500. The van der Waals surface area contributed by atoms with Crippen LogP contribution in [0.4, 0.5) is 5.69 Å². The van der Waals surface area contributed by atoms with E-state index >= 15 is 0 Å². The van der Waals surface area contributed by atoms with E-state index in [1.54, 1.807) is 0 Å². The molecule has 0 spiro atoms. The highest BCUT2D eigenvalue weighted by Crippen LogP contribution is 2.19. The van der Waals surface area contributed by atoms with Crippen LogP contribution in [-0.4, -0.2) is 47.5 Å². The zero-order valence-electron chi connectivity index (χ0n) is 14.0. The monoisotopic (exact) mass is 314 g/mol. The Morgan fingerprint density at radius 2 is 2.09 bits per heavy atom. The van der Waals surface area contributed by atoms with E-state index in [-0.39, 0.29) is 6.04 Å². The third-order valence-electron chi connectivity index (χ3n) is 4.31. The molecule has 0 saturated carbocycles. The lowest BCUT2D eigenvalue weighted by Crippen LogP contribution is -2.38. The molecule has 0 aliphatic carbocycles. The molecular weight excluding hydrogens is 288 g/mol. The van der Waals surface area contributed by atoms with Gasteiger partial charge in [-0.15, -0.1) is 0 Å². The normalized spacial score (nSPS) is 17.1. The Morgan fingerprint density at radius 3 is 2.87 bits per heavy atom. The van der Waals surface area contributed by atoms with Crippen molar-refractivity contribution in [2.24, 2.45) is 0 Å². The number of nitrogens with one attached hydrogen (secondary N) is 1. The van der Waals surface area contributed by atoms with Crippen LogP contribution in [0.15, 0.2) is 36.7 Å². The Balaban J connectivity index is 1.52. The molecule has 1 atom stereocenters. The lowest BCUT2D eigenvalue weighted by molar-refractivity contribution is 0.0360. The van der Waals surface area contributed by atoms with Gasteiger partial charge in [-0.3, -0.25) is 9.58 Å². The van der Waals surface area contributed by atoms with E-state index in [2.05, 4.69) is 59.6 Å². The van der Waals surface area contributed by atoms with Gasteiger partial charge in [0.1, 0.15) is 0 Å². The first-order valence-electron chi connectivity index (χ1n) is 8.36. The predicted octanol–water partition coefficient (Wildman–Crippen LogP) is 2.70. The third-order valence-corrected chi connectivity index (χ3v) is 4.31. The summed E-state index contributed by atoms with van der Waals surface area (Å²) in [4.78, 5) is 2.42. The Hall–Kier alpha value is -1.85. The summed E-state index contributed by atoms with van der Waals surface area (Å²) in [5.74, 6) is 0. The average Bonchev–Trinajstić information content (AvgIpc) is 3.01. The highest BCUT2D eigenvalue weighted by Gasteiger charge is 2.11. The Bertz CT molecular complexity index is 619. The lowest BCUT2D eigenvalue weighted by atomic mass is 10.1. The first-order valence-corrected chi connectivity index (χ1v) is 8.36. The van der Waals surface area contributed by atoms with Crippen molar-refractivity contribution in [2.45, 2.75) is 26.4 Å². The van der Waals surface area contributed by atoms with Crippen molar-refractivity contribution in [2.75, 3.05) is 38.2 Å². The minimum Gasteiger partial charge on any atom is -0.379 e. The summed E-state index contributed by atoms with van der Waals surface area (Å²) in [5.41, 5.74) is 3.66. The van der Waals surface area contributed by atoms with Gasteiger partial charge in [-0.05, 0) is 19.4 Å². The Kier molecular flexibility index (Phi) is 5.31. The Labute approximate surface area is 138 Å². The average molecular weight is 314 g/mol. The standard InChI is InChI=1S/C18H26N4O/c1-15-4-3-5-17(12-15)16(2)20-18-13-19-22(14-18)7-6-21-8-10-23-11-9-21/h3-5,12-14,16,20H,6-11H2,1-2H3/t16-/m0/s1. The van der Waals surface area contributed by atoms with Gasteiger partial charge in [-0.2, -0.15) is 5.10 Å². The van der Waals surface area contributed by atoms with Crippen molar-refractivity contribution in [1.82, 2.24) is 14.7 Å². The van der Waals surface area contributed by atoms with Crippen molar-refractivity contribution in [1.29, 1.82) is 0 Å². The van der Waals surface area contributed by atoms with Gasteiger partial charge in [0.15, 0.2) is 0 Å². The van der Waals surface area contributed by atoms with Crippen molar-refractivity contribution in [3.05, 3.63) is 47.8 Å². The second-order valence-electron chi connectivity index (χ2n) is 6.23. The summed E-state index contributed by atoms with van der Waals surface area (Å²) in [5, 5.41) is 7.99. The van der Waals surface area contributed by atoms with Crippen LogP contribution in [-0.2, 0) is 11.3 Å². The summed E-state index contributed by atoms with van der Waals surface area (Å²) >= 11 is 0. The quantitative estimate of drug-likeness (QED) is 0.890. The SMILES string of the molecule is Cc1cccc([C@H](C)Nc2cnn(CCN3CCOCC3)c2)c1. The minimum absolute atomic E-state index is 0.270. The molecule has 5 nitrogen and oxygen atoms in total. The molecule has 124 valence electrons. The number of hydrogen-bond donors (Lipinski definition) is 1. The molecule has 2 aromatic rings. The van der Waals surface area contributed by atoms with Crippen LogP contribution in [0.3, 0.4) is 0 Å². The van der Waals surface area contributed by atoms with Crippen LogP contribution in [0.1, 0.15) is 24.1 Å². The second-order valence-corrected chi connectivity index (χ2v) is 6.23. The van der Waals surface area contributed by atoms with Gasteiger partial charge in [0.25, 0.3) is 0 Å². The fourth-order valence-corrected chi connectivity index (χ4v) is 2.90. The molecule has 0 amide bonds. The minimum atomic E-state index is 0.270. The molecule has 2 heterocycles. The molecule has 1 saturated heterocycles. The molecule has 5 heteroatoms. The van der Waals surface area contributed by atoms with Gasteiger partial charge < -0.3 is 10.1 Å². The second kappa shape index (κ2) is 7.62. The van der Waals surface area contributed by atoms with Crippen molar-refractivity contribution in [3.8, 4) is 0 Å². The van der Waals surface area contributed by atoms with E-state index in [0.717, 1.165) is 45.1 Å². The summed E-state index contributed by atoms with van der Waals surface area (Å²) in [7, 11) is 0. The number of nitrogens with zero attached hydrogens (tertiary/aromatic N) is 3. The maximum absolute atomic E-state index is 5.38. The van der Waals surface area contributed by atoms with Crippen LogP contribution in [0.2, 0.25) is 0 Å². The zero-order valence-corrected chi connectivity index (χ0v) is 14.0. The predicted molar refractivity (Wildman–Crippen MR) is 92.7 cm³/mol. The van der Waals surface area contributed by atoms with E-state index in [1.807, 2.05) is 10.9 Å². The van der Waals surface area contributed by atoms with Crippen LogP contribution < -0.4 is 5.32 Å². The first kappa shape index (κ1) is 16.0. The molecule has 1 fully saturated rings. The van der Waals surface area contributed by atoms with Crippen molar-refractivity contribution in [3.63, 3.8) is 0 Å². The molecule has 0 radical (unpaired) electrons. The van der Waals surface area contributed by atoms with Gasteiger partial charge in [0.2, 0.25) is 0 Å². The highest BCUT2D eigenvalue weighted by molar-refractivity contribution is 5.41. The van der Waals surface area contributed by atoms with Crippen molar-refractivity contribution >= 4 is 5.69 Å². The van der Waals surface area contributed by atoms with Gasteiger partial charge in [-0.1, -0.05) is 29.8 Å². The van der Waals surface area contributed by atoms with E-state index in [1.165, 1.54) is 11.1 Å². The molecule has 23 heavy (non-hydrogen) atoms. The maximum atomic E-state index is 5.38. The molecule has 1 aliphatic heterocycles. The third kappa shape index (κ3) is 4.56. The molecule has 1 aromatic carbocycles. The van der Waals surface area contributed by atoms with E-state index in [4.69, 9.17) is 4.74 Å². The van der Waals surface area contributed by atoms with Gasteiger partial charge in [0.05, 0.1) is 31.6 Å². The van der Waals surface area contributed by atoms with Crippen LogP contribution in [0.25, 0.3) is 0 Å². The molecule has 1 N–H and O–H groups in total. The molecule has 1 aromatic heterocycles. The first-order chi connectivity index (χ1) is 11.2. The lowest BCUT2D eigenvalue weighted by Gasteiger charge is -2.26. The number of ether oxygens (including phenoxy) is 1. The number of morpholine rings is 1. The number of benzene rings is 1. The number of aromatic nitrogens is 2. The van der Waals surface area contributed by atoms with E-state index in [0.29, 0.717) is 0 Å². The van der Waals surface area contributed by atoms with E-state index in [9.17, 15) is 0 Å². The topological polar surface area (TPSA) is 42.3 Å². The summed E-state index contributed by atoms with van der Waals surface area (Å²) in [6, 6.07) is 8.88. The molecular formula is C18H26N4O. The fourth-order valence-electron chi connectivity index (χ4n) is 2.90. The highest BCUT2D eigenvalue weighted by atomic mass is 16.5. The van der Waals surface area contributed by atoms with Crippen LogP contribution in [0, 0.1) is 6.92 Å². The summed E-state index contributed by atoms with van der Waals surface area (Å²) in [6.07, 6.45) is 4.00. The van der Waals surface area contributed by atoms with Gasteiger partial charge >= 0.3 is 0 Å². The molecule has 0 bridgehead atoms.